The van der Waals surface area contributed by atoms with Crippen molar-refractivity contribution < 1.29 is 13.9 Å². The minimum absolute atomic E-state index is 0.0322. The predicted molar refractivity (Wildman–Crippen MR) is 127 cm³/mol. The number of ether oxygens (including phenoxy) is 1. The average molecular weight is 464 g/mol. The van der Waals surface area contributed by atoms with Gasteiger partial charge in [-0.1, -0.05) is 6.07 Å². The summed E-state index contributed by atoms with van der Waals surface area (Å²) in [5, 5.41) is 0.828. The first-order chi connectivity index (χ1) is 16.5. The Balaban J connectivity index is 1.09. The first-order valence-electron chi connectivity index (χ1n) is 12.1. The Kier molecular flexibility index (Phi) is 5.30. The van der Waals surface area contributed by atoms with E-state index in [1.807, 2.05) is 18.0 Å². The van der Waals surface area contributed by atoms with Gasteiger partial charge in [-0.15, -0.1) is 0 Å². The number of aromatic amines is 1. The SMILES string of the molecule is Cc1c[nH]c2nccc(Oc3ccc(CC(N)C(=O)N4C[C@@H]5CN(C6CC6)C[C@@H]5C4)cc3F)c12. The maximum atomic E-state index is 14.9. The molecule has 1 saturated carbocycles. The van der Waals surface area contributed by atoms with Crippen LogP contribution in [-0.4, -0.2) is 63.9 Å². The number of carbonyl (C=O) groups is 1. The van der Waals surface area contributed by atoms with Crippen LogP contribution < -0.4 is 10.5 Å². The first-order valence-corrected chi connectivity index (χ1v) is 12.1. The molecule has 1 aliphatic carbocycles. The fraction of sp³-hybridized carbons (Fsp3) is 0.462. The third-order valence-corrected chi connectivity index (χ3v) is 7.61. The number of hydrogen-bond acceptors (Lipinski definition) is 5. The molecule has 178 valence electrons. The number of H-pyrrole nitrogens is 1. The van der Waals surface area contributed by atoms with Gasteiger partial charge in [-0.25, -0.2) is 9.37 Å². The number of benzene rings is 1. The van der Waals surface area contributed by atoms with Gasteiger partial charge >= 0.3 is 0 Å². The molecule has 3 aliphatic rings. The lowest BCUT2D eigenvalue weighted by Crippen LogP contribution is -2.45. The van der Waals surface area contributed by atoms with Crippen LogP contribution in [-0.2, 0) is 11.2 Å². The third-order valence-electron chi connectivity index (χ3n) is 7.61. The quantitative estimate of drug-likeness (QED) is 0.586. The minimum Gasteiger partial charge on any atom is -0.453 e. The molecular weight excluding hydrogens is 433 g/mol. The molecule has 2 aliphatic heterocycles. The molecule has 8 heteroatoms. The third kappa shape index (κ3) is 3.95. The van der Waals surface area contributed by atoms with Crippen molar-refractivity contribution in [3.63, 3.8) is 0 Å². The van der Waals surface area contributed by atoms with Crippen molar-refractivity contribution in [2.45, 2.75) is 38.3 Å². The second-order valence-corrected chi connectivity index (χ2v) is 10.1. The van der Waals surface area contributed by atoms with E-state index < -0.39 is 11.9 Å². The number of halogens is 1. The molecule has 7 nitrogen and oxygen atoms in total. The highest BCUT2D eigenvalue weighted by atomic mass is 19.1. The molecule has 0 bridgehead atoms. The summed E-state index contributed by atoms with van der Waals surface area (Å²) in [5.74, 6) is 1.29. The van der Waals surface area contributed by atoms with E-state index in [9.17, 15) is 9.18 Å². The van der Waals surface area contributed by atoms with E-state index in [4.69, 9.17) is 10.5 Å². The number of nitrogens with zero attached hydrogens (tertiary/aromatic N) is 3. The number of hydrogen-bond donors (Lipinski definition) is 2. The number of nitrogens with one attached hydrogen (secondary N) is 1. The van der Waals surface area contributed by atoms with Crippen LogP contribution in [0.25, 0.3) is 11.0 Å². The Labute approximate surface area is 198 Å². The molecule has 1 unspecified atom stereocenters. The van der Waals surface area contributed by atoms with E-state index in [1.165, 1.54) is 18.9 Å². The smallest absolute Gasteiger partial charge is 0.239 e. The van der Waals surface area contributed by atoms with Crippen LogP contribution in [0.15, 0.2) is 36.7 Å². The zero-order valence-electron chi connectivity index (χ0n) is 19.3. The second kappa shape index (κ2) is 8.36. The van der Waals surface area contributed by atoms with Crippen molar-refractivity contribution in [1.82, 2.24) is 19.8 Å². The van der Waals surface area contributed by atoms with Gasteiger partial charge in [-0.05, 0) is 67.3 Å². The number of aryl methyl sites for hydroxylation is 1. The summed E-state index contributed by atoms with van der Waals surface area (Å²) in [6, 6.07) is 6.63. The monoisotopic (exact) mass is 463 g/mol. The number of likely N-dealkylation sites (tertiary alicyclic amines) is 2. The first kappa shape index (κ1) is 21.6. The van der Waals surface area contributed by atoms with Crippen molar-refractivity contribution in [3.8, 4) is 11.5 Å². The van der Waals surface area contributed by atoms with Gasteiger partial charge in [-0.3, -0.25) is 9.69 Å². The van der Waals surface area contributed by atoms with Gasteiger partial charge in [0, 0.05) is 44.6 Å². The lowest BCUT2D eigenvalue weighted by Gasteiger charge is -2.24. The number of carbonyl (C=O) groups excluding carboxylic acids is 1. The van der Waals surface area contributed by atoms with Crippen LogP contribution in [0.5, 0.6) is 11.5 Å². The highest BCUT2D eigenvalue weighted by molar-refractivity contribution is 5.86. The number of fused-ring (bicyclic) bond motifs is 2. The van der Waals surface area contributed by atoms with Crippen molar-refractivity contribution in [1.29, 1.82) is 0 Å². The van der Waals surface area contributed by atoms with Crippen LogP contribution in [0.3, 0.4) is 0 Å². The summed E-state index contributed by atoms with van der Waals surface area (Å²) in [7, 11) is 0. The van der Waals surface area contributed by atoms with Gasteiger partial charge in [0.15, 0.2) is 11.6 Å². The molecule has 3 N–H and O–H groups in total. The van der Waals surface area contributed by atoms with Crippen molar-refractivity contribution in [2.24, 2.45) is 17.6 Å². The van der Waals surface area contributed by atoms with Gasteiger partial charge in [0.2, 0.25) is 5.91 Å². The lowest BCUT2D eigenvalue weighted by molar-refractivity contribution is -0.131. The normalized spacial score (nSPS) is 23.4. The van der Waals surface area contributed by atoms with E-state index in [2.05, 4.69) is 14.9 Å². The highest BCUT2D eigenvalue weighted by Gasteiger charge is 2.45. The molecule has 1 aromatic carbocycles. The fourth-order valence-electron chi connectivity index (χ4n) is 5.66. The number of rotatable bonds is 6. The summed E-state index contributed by atoms with van der Waals surface area (Å²) >= 11 is 0. The standard InChI is InChI=1S/C26H30FN5O2/c1-15-10-30-25-24(15)23(6-7-29-25)34-22-5-2-16(8-20(22)27)9-21(28)26(33)32-13-17-11-31(19-3-4-19)12-18(17)14-32/h2,5-8,10,17-19,21H,3-4,9,11-14,28H2,1H3,(H,29,30)/t17-,18+,21?. The zero-order valence-corrected chi connectivity index (χ0v) is 19.3. The second-order valence-electron chi connectivity index (χ2n) is 10.1. The molecule has 3 fully saturated rings. The maximum absolute atomic E-state index is 14.9. The van der Waals surface area contributed by atoms with Gasteiger partial charge in [-0.2, -0.15) is 0 Å². The summed E-state index contributed by atoms with van der Waals surface area (Å²) in [5.41, 5.74) is 8.64. The number of amides is 1. The molecule has 4 heterocycles. The van der Waals surface area contributed by atoms with Gasteiger partial charge in [0.05, 0.1) is 11.4 Å². The molecule has 3 atom stereocenters. The molecule has 34 heavy (non-hydrogen) atoms. The van der Waals surface area contributed by atoms with Crippen LogP contribution in [0.2, 0.25) is 0 Å². The van der Waals surface area contributed by atoms with Crippen molar-refractivity contribution >= 4 is 16.9 Å². The number of pyridine rings is 1. The summed E-state index contributed by atoms with van der Waals surface area (Å²) in [6.45, 7) is 5.74. The molecule has 0 radical (unpaired) electrons. The zero-order chi connectivity index (χ0) is 23.4. The van der Waals surface area contributed by atoms with E-state index in [1.54, 1.807) is 24.4 Å². The van der Waals surface area contributed by atoms with E-state index in [0.717, 1.165) is 43.2 Å². The molecule has 0 spiro atoms. The molecule has 2 aromatic heterocycles. The molecule has 3 aromatic rings. The summed E-state index contributed by atoms with van der Waals surface area (Å²) in [6.07, 6.45) is 6.42. The van der Waals surface area contributed by atoms with Gasteiger partial charge in [0.25, 0.3) is 0 Å². The largest absolute Gasteiger partial charge is 0.453 e. The molecule has 6 rings (SSSR count). The number of aromatic nitrogens is 2. The van der Waals surface area contributed by atoms with E-state index >= 15 is 0 Å². The van der Waals surface area contributed by atoms with E-state index in [-0.39, 0.29) is 11.7 Å². The average Bonchev–Trinajstić information content (AvgIpc) is 3.31. The Morgan fingerprint density at radius 3 is 2.68 bits per heavy atom. The Morgan fingerprint density at radius 2 is 1.97 bits per heavy atom. The summed E-state index contributed by atoms with van der Waals surface area (Å²) in [4.78, 5) is 24.9. The Hall–Kier alpha value is -2.97. The topological polar surface area (TPSA) is 87.5 Å². The van der Waals surface area contributed by atoms with Crippen LogP contribution in [0.1, 0.15) is 24.0 Å². The van der Waals surface area contributed by atoms with Crippen molar-refractivity contribution in [2.75, 3.05) is 26.2 Å². The highest BCUT2D eigenvalue weighted by Crippen LogP contribution is 2.38. The van der Waals surface area contributed by atoms with Crippen LogP contribution in [0.4, 0.5) is 4.39 Å². The van der Waals surface area contributed by atoms with Crippen LogP contribution in [0, 0.1) is 24.6 Å². The van der Waals surface area contributed by atoms with Gasteiger partial charge < -0.3 is 20.4 Å². The summed E-state index contributed by atoms with van der Waals surface area (Å²) < 4.78 is 20.8. The Morgan fingerprint density at radius 1 is 1.21 bits per heavy atom. The van der Waals surface area contributed by atoms with Crippen molar-refractivity contribution in [3.05, 3.63) is 53.6 Å². The maximum Gasteiger partial charge on any atom is 0.239 e. The molecule has 2 saturated heterocycles. The number of nitrogens with two attached hydrogens (primary N) is 1. The van der Waals surface area contributed by atoms with Crippen LogP contribution >= 0.6 is 0 Å². The lowest BCUT2D eigenvalue weighted by atomic mass is 10.0. The molecular formula is C26H30FN5O2. The van der Waals surface area contributed by atoms with Gasteiger partial charge in [0.1, 0.15) is 11.4 Å². The Bertz CT molecular complexity index is 1230. The van der Waals surface area contributed by atoms with E-state index in [0.29, 0.717) is 35.2 Å². The fourth-order valence-corrected chi connectivity index (χ4v) is 5.66. The minimum atomic E-state index is -0.674. The molecule has 1 amide bonds. The predicted octanol–water partition coefficient (Wildman–Crippen LogP) is 3.23.